The van der Waals surface area contributed by atoms with Crippen molar-refractivity contribution in [1.82, 2.24) is 9.88 Å². The molecule has 1 heterocycles. The van der Waals surface area contributed by atoms with E-state index in [1.165, 1.54) is 5.56 Å². The molecule has 0 radical (unpaired) electrons. The third kappa shape index (κ3) is 4.03. The van der Waals surface area contributed by atoms with E-state index in [0.29, 0.717) is 17.9 Å². The number of ether oxygens (including phenoxy) is 1. The first-order valence-electron chi connectivity index (χ1n) is 8.46. The number of likely N-dealkylation sites (N-methyl/N-ethyl adjacent to an activating group) is 1. The molecule has 0 saturated carbocycles. The molecule has 0 bridgehead atoms. The molecule has 1 aromatic heterocycles. The summed E-state index contributed by atoms with van der Waals surface area (Å²) in [4.78, 5) is 21.7. The molecule has 2 aromatic carbocycles. The SMILES string of the molecule is COc1cccc(C(=O)N(CCN(C)C)c2nc3ccc(C)cc3s2)c1. The average Bonchev–Trinajstić information content (AvgIpc) is 3.04. The van der Waals surface area contributed by atoms with Crippen LogP contribution < -0.4 is 9.64 Å². The highest BCUT2D eigenvalue weighted by atomic mass is 32.1. The predicted molar refractivity (Wildman–Crippen MR) is 108 cm³/mol. The molecule has 1 amide bonds. The van der Waals surface area contributed by atoms with Gasteiger partial charge in [0.2, 0.25) is 0 Å². The van der Waals surface area contributed by atoms with Crippen LogP contribution in [0.4, 0.5) is 5.13 Å². The van der Waals surface area contributed by atoms with E-state index in [2.05, 4.69) is 17.9 Å². The van der Waals surface area contributed by atoms with E-state index in [1.807, 2.05) is 44.4 Å². The second-order valence-electron chi connectivity index (χ2n) is 6.46. The van der Waals surface area contributed by atoms with Crippen LogP contribution in [0.1, 0.15) is 15.9 Å². The lowest BCUT2D eigenvalue weighted by Gasteiger charge is -2.22. The number of aromatic nitrogens is 1. The van der Waals surface area contributed by atoms with E-state index in [-0.39, 0.29) is 5.91 Å². The number of carbonyl (C=O) groups is 1. The summed E-state index contributed by atoms with van der Waals surface area (Å²) in [6, 6.07) is 13.4. The van der Waals surface area contributed by atoms with E-state index in [9.17, 15) is 4.79 Å². The average molecular weight is 369 g/mol. The maximum atomic E-state index is 13.2. The Balaban J connectivity index is 1.98. The van der Waals surface area contributed by atoms with Crippen molar-refractivity contribution < 1.29 is 9.53 Å². The van der Waals surface area contributed by atoms with Gasteiger partial charge in [0.15, 0.2) is 5.13 Å². The van der Waals surface area contributed by atoms with Gasteiger partial charge in [-0.2, -0.15) is 0 Å². The molecule has 3 rings (SSSR count). The van der Waals surface area contributed by atoms with Crippen molar-refractivity contribution >= 4 is 32.6 Å². The molecule has 0 fully saturated rings. The van der Waals surface area contributed by atoms with Crippen molar-refractivity contribution in [3.63, 3.8) is 0 Å². The third-order valence-corrected chi connectivity index (χ3v) is 5.14. The van der Waals surface area contributed by atoms with E-state index in [0.717, 1.165) is 21.9 Å². The lowest BCUT2D eigenvalue weighted by Crippen LogP contribution is -2.36. The van der Waals surface area contributed by atoms with Gasteiger partial charge in [-0.25, -0.2) is 4.98 Å². The van der Waals surface area contributed by atoms with Gasteiger partial charge in [0.25, 0.3) is 5.91 Å². The van der Waals surface area contributed by atoms with Crippen LogP contribution in [0.2, 0.25) is 0 Å². The molecule has 136 valence electrons. The minimum absolute atomic E-state index is 0.0680. The maximum Gasteiger partial charge on any atom is 0.260 e. The number of hydrogen-bond donors (Lipinski definition) is 0. The van der Waals surface area contributed by atoms with Gasteiger partial charge in [0.1, 0.15) is 5.75 Å². The molecule has 0 spiro atoms. The second kappa shape index (κ2) is 7.85. The number of amides is 1. The van der Waals surface area contributed by atoms with Crippen molar-refractivity contribution in [2.24, 2.45) is 0 Å². The zero-order chi connectivity index (χ0) is 18.7. The molecule has 0 N–H and O–H groups in total. The first-order chi connectivity index (χ1) is 12.5. The van der Waals surface area contributed by atoms with Crippen LogP contribution >= 0.6 is 11.3 Å². The van der Waals surface area contributed by atoms with E-state index >= 15 is 0 Å². The van der Waals surface area contributed by atoms with Gasteiger partial charge >= 0.3 is 0 Å². The van der Waals surface area contributed by atoms with Crippen molar-refractivity contribution in [1.29, 1.82) is 0 Å². The Bertz CT molecular complexity index is 920. The number of anilines is 1. The number of rotatable bonds is 6. The molecule has 3 aromatic rings. The smallest absolute Gasteiger partial charge is 0.260 e. The summed E-state index contributed by atoms with van der Waals surface area (Å²) in [5.41, 5.74) is 2.70. The van der Waals surface area contributed by atoms with Gasteiger partial charge < -0.3 is 9.64 Å². The van der Waals surface area contributed by atoms with Gasteiger partial charge in [-0.1, -0.05) is 23.5 Å². The van der Waals surface area contributed by atoms with Crippen molar-refractivity contribution in [2.75, 3.05) is 39.2 Å². The Morgan fingerprint density at radius 1 is 1.15 bits per heavy atom. The fraction of sp³-hybridized carbons (Fsp3) is 0.300. The fourth-order valence-electron chi connectivity index (χ4n) is 2.63. The number of carbonyl (C=O) groups excluding carboxylic acids is 1. The first-order valence-corrected chi connectivity index (χ1v) is 9.27. The number of methoxy groups -OCH3 is 1. The maximum absolute atomic E-state index is 13.2. The van der Waals surface area contributed by atoms with Crippen LogP contribution in [0, 0.1) is 6.92 Å². The van der Waals surface area contributed by atoms with E-state index in [4.69, 9.17) is 9.72 Å². The Kier molecular flexibility index (Phi) is 5.54. The Labute approximate surface area is 157 Å². The highest BCUT2D eigenvalue weighted by molar-refractivity contribution is 7.22. The van der Waals surface area contributed by atoms with Crippen molar-refractivity contribution in [3.8, 4) is 5.75 Å². The van der Waals surface area contributed by atoms with Crippen LogP contribution in [0.25, 0.3) is 10.2 Å². The number of hydrogen-bond acceptors (Lipinski definition) is 5. The highest BCUT2D eigenvalue weighted by Gasteiger charge is 2.21. The standard InChI is InChI=1S/C20H23N3O2S/c1-14-8-9-17-18(12-14)26-20(21-17)23(11-10-22(2)3)19(24)15-6-5-7-16(13-15)25-4/h5-9,12-13H,10-11H2,1-4H3. The molecule has 0 saturated heterocycles. The second-order valence-corrected chi connectivity index (χ2v) is 7.47. The summed E-state index contributed by atoms with van der Waals surface area (Å²) in [7, 11) is 5.59. The third-order valence-electron chi connectivity index (χ3n) is 4.10. The Morgan fingerprint density at radius 2 is 1.96 bits per heavy atom. The zero-order valence-electron chi connectivity index (χ0n) is 15.5. The van der Waals surface area contributed by atoms with Crippen LogP contribution in [0.15, 0.2) is 42.5 Å². The van der Waals surface area contributed by atoms with Crippen LogP contribution in [0.5, 0.6) is 5.75 Å². The van der Waals surface area contributed by atoms with Gasteiger partial charge in [-0.15, -0.1) is 0 Å². The Hall–Kier alpha value is -2.44. The molecule has 0 atom stereocenters. The lowest BCUT2D eigenvalue weighted by molar-refractivity contribution is 0.0985. The van der Waals surface area contributed by atoms with E-state index < -0.39 is 0 Å². The Morgan fingerprint density at radius 3 is 2.69 bits per heavy atom. The normalized spacial score (nSPS) is 11.1. The van der Waals surface area contributed by atoms with Crippen LogP contribution in [0.3, 0.4) is 0 Å². The molecule has 0 unspecified atom stereocenters. The molecular weight excluding hydrogens is 346 g/mol. The quantitative estimate of drug-likeness (QED) is 0.663. The summed E-state index contributed by atoms with van der Waals surface area (Å²) >= 11 is 1.55. The summed E-state index contributed by atoms with van der Waals surface area (Å²) in [6.45, 7) is 3.39. The molecule has 26 heavy (non-hydrogen) atoms. The minimum atomic E-state index is -0.0680. The predicted octanol–water partition coefficient (Wildman–Crippen LogP) is 3.82. The van der Waals surface area contributed by atoms with Gasteiger partial charge in [0, 0.05) is 18.7 Å². The minimum Gasteiger partial charge on any atom is -0.497 e. The molecule has 5 nitrogen and oxygen atoms in total. The largest absolute Gasteiger partial charge is 0.497 e. The summed E-state index contributed by atoms with van der Waals surface area (Å²) in [5.74, 6) is 0.602. The van der Waals surface area contributed by atoms with Crippen LogP contribution in [-0.2, 0) is 0 Å². The first kappa shape index (κ1) is 18.4. The lowest BCUT2D eigenvalue weighted by atomic mass is 10.2. The van der Waals surface area contributed by atoms with Crippen LogP contribution in [-0.4, -0.2) is 50.1 Å². The van der Waals surface area contributed by atoms with E-state index in [1.54, 1.807) is 29.4 Å². The van der Waals surface area contributed by atoms with Gasteiger partial charge in [0.05, 0.1) is 17.3 Å². The summed E-state index contributed by atoms with van der Waals surface area (Å²) in [5, 5.41) is 0.722. The molecule has 6 heteroatoms. The number of thiazole rings is 1. The number of benzene rings is 2. The number of nitrogens with zero attached hydrogens (tertiary/aromatic N) is 3. The fourth-order valence-corrected chi connectivity index (χ4v) is 3.72. The summed E-state index contributed by atoms with van der Waals surface area (Å²) < 4.78 is 6.35. The zero-order valence-corrected chi connectivity index (χ0v) is 16.3. The monoisotopic (exact) mass is 369 g/mol. The van der Waals surface area contributed by atoms with Gasteiger partial charge in [-0.05, 0) is 56.9 Å². The molecular formula is C20H23N3O2S. The topological polar surface area (TPSA) is 45.7 Å². The molecule has 0 aliphatic carbocycles. The number of aryl methyl sites for hydroxylation is 1. The molecule has 0 aliphatic rings. The highest BCUT2D eigenvalue weighted by Crippen LogP contribution is 2.30. The van der Waals surface area contributed by atoms with Crippen molar-refractivity contribution in [3.05, 3.63) is 53.6 Å². The summed E-state index contributed by atoms with van der Waals surface area (Å²) in [6.07, 6.45) is 0. The molecule has 0 aliphatic heterocycles. The number of fused-ring (bicyclic) bond motifs is 1. The van der Waals surface area contributed by atoms with Gasteiger partial charge in [-0.3, -0.25) is 9.69 Å². The van der Waals surface area contributed by atoms with Crippen molar-refractivity contribution in [2.45, 2.75) is 6.92 Å².